The van der Waals surface area contributed by atoms with Gasteiger partial charge in [0.2, 0.25) is 11.8 Å². The Morgan fingerprint density at radius 3 is 1.09 bits per heavy atom. The zero-order chi connectivity index (χ0) is 41.3. The Morgan fingerprint density at radius 1 is 0.446 bits per heavy atom. The Kier molecular flexibility index (Phi) is 13.0. The van der Waals surface area contributed by atoms with E-state index in [0.29, 0.717) is 11.8 Å². The second-order valence-electron chi connectivity index (χ2n) is 17.4. The number of rotatable bonds is 6. The highest BCUT2D eigenvalue weighted by Gasteiger charge is 2.63. The minimum Gasteiger partial charge on any atom is -0.439 e. The maximum Gasteiger partial charge on any atom is 0.494 e. The summed E-state index contributed by atoms with van der Waals surface area (Å²) in [7, 11) is -1.31. The molecule has 3 aliphatic rings. The van der Waals surface area contributed by atoms with Gasteiger partial charge in [-0.3, -0.25) is 0 Å². The van der Waals surface area contributed by atoms with Crippen LogP contribution in [-0.2, 0) is 27.9 Å². The molecule has 2 aromatic carbocycles. The van der Waals surface area contributed by atoms with Crippen LogP contribution in [0.2, 0.25) is 0 Å². The highest BCUT2D eigenvalue weighted by molar-refractivity contribution is 9.10. The summed E-state index contributed by atoms with van der Waals surface area (Å²) in [5, 5.41) is 0. The van der Waals surface area contributed by atoms with Crippen LogP contribution in [0.15, 0.2) is 89.7 Å². The lowest BCUT2D eigenvalue weighted by molar-refractivity contribution is 0.00578. The maximum atomic E-state index is 6.05. The summed E-state index contributed by atoms with van der Waals surface area (Å²) < 4.78 is 48.3. The van der Waals surface area contributed by atoms with Gasteiger partial charge in [0.05, 0.1) is 33.6 Å². The Hall–Kier alpha value is -3.23. The minimum absolute atomic E-state index is 0.335. The second kappa shape index (κ2) is 16.6. The van der Waals surface area contributed by atoms with Gasteiger partial charge in [-0.2, -0.15) is 0 Å². The molecule has 0 spiro atoms. The Morgan fingerprint density at radius 2 is 0.768 bits per heavy atom. The van der Waals surface area contributed by atoms with Crippen LogP contribution in [0.3, 0.4) is 0 Å². The number of aryl methyl sites for hydroxylation is 2. The summed E-state index contributed by atoms with van der Waals surface area (Å²) in [6, 6.07) is 23.1. The Bertz CT molecular complexity index is 1780. The van der Waals surface area contributed by atoms with E-state index in [1.54, 1.807) is 12.4 Å². The molecular formula is C42H56B3BrN2O8. The molecule has 0 amide bonds. The van der Waals surface area contributed by atoms with Gasteiger partial charge in [0, 0.05) is 29.0 Å². The smallest absolute Gasteiger partial charge is 0.439 e. The fourth-order valence-corrected chi connectivity index (χ4v) is 5.71. The van der Waals surface area contributed by atoms with Crippen LogP contribution in [0, 0.1) is 13.8 Å². The van der Waals surface area contributed by atoms with E-state index >= 15 is 0 Å². The van der Waals surface area contributed by atoms with Gasteiger partial charge < -0.3 is 37.4 Å². The van der Waals surface area contributed by atoms with E-state index < -0.39 is 14.0 Å². The standard InChI is InChI=1S/C18H22BNO3.C12H24B2O4.C12H10BrNO/c1-13-6-11-16(20-12-13)21-15-9-7-14(8-10-15)19-22-17(2,3)18(4,5)23-19;1-9(2)10(3,4)16-13(15-9)14-17-11(5,6)12(7,8)18-14;1-9-2-7-12(14-8-9)15-11-5-3-10(13)4-6-11/h6-12H,1-5H3;1-8H3;2-8H,1H3. The maximum absolute atomic E-state index is 6.05. The molecule has 0 atom stereocenters. The van der Waals surface area contributed by atoms with Gasteiger partial charge in [0.15, 0.2) is 0 Å². The van der Waals surface area contributed by atoms with E-state index in [2.05, 4.69) is 25.9 Å². The Balaban J connectivity index is 0.000000165. The van der Waals surface area contributed by atoms with E-state index in [4.69, 9.17) is 37.4 Å². The van der Waals surface area contributed by atoms with Crippen molar-refractivity contribution in [3.8, 4) is 23.3 Å². The largest absolute Gasteiger partial charge is 0.494 e. The van der Waals surface area contributed by atoms with Crippen LogP contribution >= 0.6 is 15.9 Å². The first-order valence-electron chi connectivity index (χ1n) is 19.0. The monoisotopic (exact) mass is 828 g/mol. The predicted molar refractivity (Wildman–Crippen MR) is 227 cm³/mol. The number of benzene rings is 2. The molecule has 5 heterocycles. The Labute approximate surface area is 343 Å². The first kappa shape index (κ1) is 43.9. The molecule has 298 valence electrons. The molecular weight excluding hydrogens is 773 g/mol. The molecule has 3 aliphatic heterocycles. The molecule has 0 radical (unpaired) electrons. The zero-order valence-electron chi connectivity index (χ0n) is 35.4. The molecule has 2 aromatic heterocycles. The molecule has 56 heavy (non-hydrogen) atoms. The van der Waals surface area contributed by atoms with Crippen LogP contribution in [0.25, 0.3) is 0 Å². The van der Waals surface area contributed by atoms with Crippen LogP contribution in [0.1, 0.15) is 94.2 Å². The average molecular weight is 829 g/mol. The van der Waals surface area contributed by atoms with Crippen molar-refractivity contribution in [3.05, 3.63) is 101 Å². The highest BCUT2D eigenvalue weighted by atomic mass is 79.9. The summed E-state index contributed by atoms with van der Waals surface area (Å²) in [6.45, 7) is 28.4. The van der Waals surface area contributed by atoms with Crippen molar-refractivity contribution in [2.45, 2.75) is 131 Å². The molecule has 0 saturated carbocycles. The molecule has 7 rings (SSSR count). The van der Waals surface area contributed by atoms with Crippen molar-refractivity contribution in [3.63, 3.8) is 0 Å². The van der Waals surface area contributed by atoms with Gasteiger partial charge in [-0.25, -0.2) is 9.97 Å². The number of aromatic nitrogens is 2. The zero-order valence-corrected chi connectivity index (χ0v) is 36.9. The third-order valence-electron chi connectivity index (χ3n) is 11.2. The van der Waals surface area contributed by atoms with Crippen molar-refractivity contribution >= 4 is 42.5 Å². The quantitative estimate of drug-likeness (QED) is 0.175. The van der Waals surface area contributed by atoms with Gasteiger partial charge in [0.25, 0.3) is 0 Å². The lowest BCUT2D eigenvalue weighted by Gasteiger charge is -2.32. The van der Waals surface area contributed by atoms with E-state index in [1.807, 2.05) is 170 Å². The van der Waals surface area contributed by atoms with Gasteiger partial charge in [-0.15, -0.1) is 0 Å². The van der Waals surface area contributed by atoms with Crippen molar-refractivity contribution in [1.29, 1.82) is 0 Å². The van der Waals surface area contributed by atoms with Crippen LogP contribution in [0.5, 0.6) is 23.3 Å². The number of nitrogens with zero attached hydrogens (tertiary/aromatic N) is 2. The molecule has 0 aliphatic carbocycles. The normalized spacial score (nSPS) is 20.7. The number of hydrogen-bond acceptors (Lipinski definition) is 10. The van der Waals surface area contributed by atoms with Crippen LogP contribution in [0.4, 0.5) is 0 Å². The lowest BCUT2D eigenvalue weighted by Crippen LogP contribution is -2.41. The van der Waals surface area contributed by atoms with Crippen molar-refractivity contribution in [2.24, 2.45) is 0 Å². The first-order chi connectivity index (χ1) is 25.9. The molecule has 0 bridgehead atoms. The fourth-order valence-electron chi connectivity index (χ4n) is 5.45. The summed E-state index contributed by atoms with van der Waals surface area (Å²) in [5.41, 5.74) is 1.10. The number of halogens is 1. The van der Waals surface area contributed by atoms with E-state index in [0.717, 1.165) is 32.6 Å². The third-order valence-corrected chi connectivity index (χ3v) is 11.7. The van der Waals surface area contributed by atoms with Crippen molar-refractivity contribution < 1.29 is 37.4 Å². The topological polar surface area (TPSA) is 99.6 Å². The van der Waals surface area contributed by atoms with Crippen LogP contribution in [-0.4, -0.2) is 64.7 Å². The van der Waals surface area contributed by atoms with Crippen molar-refractivity contribution in [2.75, 3.05) is 0 Å². The van der Waals surface area contributed by atoms with Crippen molar-refractivity contribution in [1.82, 2.24) is 9.97 Å². The lowest BCUT2D eigenvalue weighted by atomic mass is 9.49. The summed E-state index contributed by atoms with van der Waals surface area (Å²) in [4.78, 5) is 8.40. The van der Waals surface area contributed by atoms with Crippen LogP contribution < -0.4 is 14.9 Å². The first-order valence-corrected chi connectivity index (χ1v) is 19.8. The SMILES string of the molecule is CC1(C)OB(B2OC(C)(C)C(C)(C)O2)OC1(C)C.Cc1ccc(Oc2ccc(B3OC(C)(C)C(C)(C)O3)cc2)nc1.Cc1ccc(Oc2ccc(Br)cc2)nc1. The number of pyridine rings is 2. The van der Waals surface area contributed by atoms with Gasteiger partial charge in [-0.05, 0) is 150 Å². The third kappa shape index (κ3) is 10.4. The molecule has 0 unspecified atom stereocenters. The predicted octanol–water partition coefficient (Wildman–Crippen LogP) is 9.68. The molecule has 10 nitrogen and oxygen atoms in total. The van der Waals surface area contributed by atoms with E-state index in [1.165, 1.54) is 0 Å². The average Bonchev–Trinajstić information content (AvgIpc) is 3.58. The number of hydrogen-bond donors (Lipinski definition) is 0. The molecule has 3 fully saturated rings. The van der Waals surface area contributed by atoms with Gasteiger partial charge in [-0.1, -0.05) is 40.2 Å². The van der Waals surface area contributed by atoms with E-state index in [9.17, 15) is 0 Å². The minimum atomic E-state index is -0.476. The number of ether oxygens (including phenoxy) is 2. The molecule has 4 aromatic rings. The van der Waals surface area contributed by atoms with E-state index in [-0.39, 0.29) is 40.7 Å². The molecule has 0 N–H and O–H groups in total. The van der Waals surface area contributed by atoms with Gasteiger partial charge >= 0.3 is 21.1 Å². The molecule has 14 heteroatoms. The second-order valence-corrected chi connectivity index (χ2v) is 18.3. The summed E-state index contributed by atoms with van der Waals surface area (Å²) in [5.74, 6) is 2.72. The molecule has 3 saturated heterocycles. The highest BCUT2D eigenvalue weighted by Crippen LogP contribution is 2.43. The van der Waals surface area contributed by atoms with Gasteiger partial charge in [0.1, 0.15) is 11.5 Å². The summed E-state index contributed by atoms with van der Waals surface area (Å²) >= 11 is 3.37. The summed E-state index contributed by atoms with van der Waals surface area (Å²) in [6.07, 6.45) is 3.57. The fraction of sp³-hybridized carbons (Fsp3) is 0.476.